The first-order valence-electron chi connectivity index (χ1n) is 6.99. The fourth-order valence-electron chi connectivity index (χ4n) is 1.72. The van der Waals surface area contributed by atoms with Gasteiger partial charge >= 0.3 is 0 Å². The zero-order chi connectivity index (χ0) is 14.7. The van der Waals surface area contributed by atoms with Crippen LogP contribution in [0.2, 0.25) is 0 Å². The van der Waals surface area contributed by atoms with Gasteiger partial charge in [-0.1, -0.05) is 27.7 Å². The molecule has 4 heteroatoms. The summed E-state index contributed by atoms with van der Waals surface area (Å²) in [5.74, 6) is 0. The van der Waals surface area contributed by atoms with Crippen LogP contribution in [0, 0.1) is 11.3 Å². The van der Waals surface area contributed by atoms with Gasteiger partial charge in [0, 0.05) is 17.7 Å². The van der Waals surface area contributed by atoms with Crippen molar-refractivity contribution in [3.05, 3.63) is 0 Å². The standard InChI is InChI=1S/C12H25N2OP.C2H6/c1-10(2)14(11(3)4)16(12(5)6)15-9-7-8-13;1-2/h10-12H,7,9H2,1-6H3;1-2H3. The van der Waals surface area contributed by atoms with E-state index >= 15 is 0 Å². The van der Waals surface area contributed by atoms with Crippen molar-refractivity contribution in [3.63, 3.8) is 0 Å². The predicted octanol–water partition coefficient (Wildman–Crippen LogP) is 4.78. The summed E-state index contributed by atoms with van der Waals surface area (Å²) in [6.45, 7) is 17.7. The molecule has 0 aliphatic rings. The maximum absolute atomic E-state index is 8.54. The number of rotatable bonds is 7. The van der Waals surface area contributed by atoms with Gasteiger partial charge in [-0.15, -0.1) is 0 Å². The Morgan fingerprint density at radius 3 is 1.78 bits per heavy atom. The second kappa shape index (κ2) is 11.9. The molecular weight excluding hydrogens is 243 g/mol. The molecule has 0 saturated carbocycles. The Morgan fingerprint density at radius 1 is 1.06 bits per heavy atom. The lowest BCUT2D eigenvalue weighted by molar-refractivity contribution is 0.253. The molecule has 18 heavy (non-hydrogen) atoms. The van der Waals surface area contributed by atoms with Crippen LogP contribution in [0.1, 0.15) is 61.8 Å². The van der Waals surface area contributed by atoms with Crippen LogP contribution in [0.5, 0.6) is 0 Å². The molecule has 0 rings (SSSR count). The summed E-state index contributed by atoms with van der Waals surface area (Å²) in [5, 5.41) is 8.54. The zero-order valence-electron chi connectivity index (χ0n) is 13.4. The number of hydrogen-bond donors (Lipinski definition) is 0. The molecular formula is C14H31N2OP. The molecule has 0 aromatic heterocycles. The summed E-state index contributed by atoms with van der Waals surface area (Å²) in [6, 6.07) is 3.09. The van der Waals surface area contributed by atoms with Crippen molar-refractivity contribution in [2.75, 3.05) is 6.61 Å². The average Bonchev–Trinajstić information content (AvgIpc) is 2.29. The Kier molecular flexibility index (Phi) is 13.3. The highest BCUT2D eigenvalue weighted by Gasteiger charge is 2.27. The third kappa shape index (κ3) is 8.03. The maximum Gasteiger partial charge on any atom is 0.107 e. The molecule has 0 aromatic carbocycles. The Hall–Kier alpha value is -0.160. The van der Waals surface area contributed by atoms with Gasteiger partial charge in [0.05, 0.1) is 19.1 Å². The van der Waals surface area contributed by atoms with Crippen molar-refractivity contribution in [1.82, 2.24) is 4.67 Å². The molecule has 0 aliphatic heterocycles. The van der Waals surface area contributed by atoms with Gasteiger partial charge in [-0.25, -0.2) is 0 Å². The van der Waals surface area contributed by atoms with E-state index in [0.717, 1.165) is 0 Å². The van der Waals surface area contributed by atoms with E-state index in [0.29, 0.717) is 30.8 Å². The van der Waals surface area contributed by atoms with Crippen LogP contribution < -0.4 is 0 Å². The van der Waals surface area contributed by atoms with Gasteiger partial charge in [-0.05, 0) is 27.7 Å². The van der Waals surface area contributed by atoms with E-state index in [4.69, 9.17) is 9.79 Å². The van der Waals surface area contributed by atoms with Crippen molar-refractivity contribution < 1.29 is 4.52 Å². The topological polar surface area (TPSA) is 36.3 Å². The van der Waals surface area contributed by atoms with E-state index in [1.54, 1.807) is 0 Å². The molecule has 108 valence electrons. The van der Waals surface area contributed by atoms with Crippen molar-refractivity contribution in [3.8, 4) is 6.07 Å². The van der Waals surface area contributed by atoms with Crippen LogP contribution in [-0.2, 0) is 4.52 Å². The van der Waals surface area contributed by atoms with Crippen molar-refractivity contribution in [1.29, 1.82) is 5.26 Å². The Morgan fingerprint density at radius 2 is 1.50 bits per heavy atom. The van der Waals surface area contributed by atoms with E-state index in [1.807, 2.05) is 13.8 Å². The molecule has 0 spiro atoms. The van der Waals surface area contributed by atoms with E-state index in [-0.39, 0.29) is 0 Å². The Bertz CT molecular complexity index is 216. The third-order valence-corrected chi connectivity index (χ3v) is 4.87. The van der Waals surface area contributed by atoms with Gasteiger partial charge in [0.25, 0.3) is 0 Å². The predicted molar refractivity (Wildman–Crippen MR) is 81.7 cm³/mol. The minimum Gasteiger partial charge on any atom is -0.342 e. The number of hydrogen-bond acceptors (Lipinski definition) is 3. The molecule has 0 N–H and O–H groups in total. The van der Waals surface area contributed by atoms with Gasteiger partial charge in [0.2, 0.25) is 0 Å². The minimum absolute atomic E-state index is 0.482. The Labute approximate surface area is 115 Å². The van der Waals surface area contributed by atoms with Crippen LogP contribution in [0.3, 0.4) is 0 Å². The normalized spacial score (nSPS) is 12.6. The number of nitrogens with zero attached hydrogens (tertiary/aromatic N) is 2. The molecule has 0 saturated heterocycles. The highest BCUT2D eigenvalue weighted by Crippen LogP contribution is 2.48. The Balaban J connectivity index is 0. The monoisotopic (exact) mass is 274 g/mol. The summed E-state index contributed by atoms with van der Waals surface area (Å²) >= 11 is 0. The van der Waals surface area contributed by atoms with Crippen LogP contribution in [0.25, 0.3) is 0 Å². The largest absolute Gasteiger partial charge is 0.342 e. The van der Waals surface area contributed by atoms with Crippen LogP contribution >= 0.6 is 8.30 Å². The average molecular weight is 274 g/mol. The first-order valence-corrected chi connectivity index (χ1v) is 8.27. The quantitative estimate of drug-likeness (QED) is 0.495. The van der Waals surface area contributed by atoms with Crippen LogP contribution in [0.4, 0.5) is 0 Å². The molecule has 3 nitrogen and oxygen atoms in total. The number of nitriles is 1. The van der Waals surface area contributed by atoms with Gasteiger partial charge in [0.1, 0.15) is 8.30 Å². The fourth-order valence-corrected chi connectivity index (χ4v) is 3.87. The summed E-state index contributed by atoms with van der Waals surface area (Å²) < 4.78 is 8.32. The fraction of sp³-hybridized carbons (Fsp3) is 0.929. The van der Waals surface area contributed by atoms with Crippen molar-refractivity contribution >= 4 is 8.30 Å². The second-order valence-corrected chi connectivity index (χ2v) is 7.06. The lowest BCUT2D eigenvalue weighted by Crippen LogP contribution is -2.35. The molecule has 0 amide bonds. The van der Waals surface area contributed by atoms with Crippen molar-refractivity contribution in [2.24, 2.45) is 0 Å². The maximum atomic E-state index is 8.54. The van der Waals surface area contributed by atoms with E-state index in [1.165, 1.54) is 0 Å². The molecule has 1 atom stereocenters. The first kappa shape index (κ1) is 20.2. The molecule has 0 aliphatic carbocycles. The SMILES string of the molecule is CC.CC(C)N(C(C)C)P(OCCC#N)C(C)C. The molecule has 0 radical (unpaired) electrons. The molecule has 0 heterocycles. The van der Waals surface area contributed by atoms with Crippen LogP contribution in [0.15, 0.2) is 0 Å². The van der Waals surface area contributed by atoms with Gasteiger partial charge in [0.15, 0.2) is 0 Å². The summed E-state index contributed by atoms with van der Waals surface area (Å²) in [6.07, 6.45) is 0.482. The van der Waals surface area contributed by atoms with Crippen LogP contribution in [-0.4, -0.2) is 29.0 Å². The van der Waals surface area contributed by atoms with E-state index in [9.17, 15) is 0 Å². The van der Waals surface area contributed by atoms with Gasteiger partial charge in [-0.3, -0.25) is 4.67 Å². The van der Waals surface area contributed by atoms with E-state index < -0.39 is 8.30 Å². The van der Waals surface area contributed by atoms with Crippen molar-refractivity contribution in [2.45, 2.75) is 79.6 Å². The summed E-state index contributed by atoms with van der Waals surface area (Å²) in [7, 11) is -0.591. The van der Waals surface area contributed by atoms with Gasteiger partial charge in [-0.2, -0.15) is 5.26 Å². The third-order valence-electron chi connectivity index (χ3n) is 2.16. The molecule has 0 aromatic rings. The summed E-state index contributed by atoms with van der Waals surface area (Å²) in [5.41, 5.74) is 0.499. The zero-order valence-corrected chi connectivity index (χ0v) is 14.3. The van der Waals surface area contributed by atoms with Gasteiger partial charge < -0.3 is 4.52 Å². The highest BCUT2D eigenvalue weighted by molar-refractivity contribution is 7.50. The smallest absolute Gasteiger partial charge is 0.107 e. The molecule has 1 unspecified atom stereocenters. The highest BCUT2D eigenvalue weighted by atomic mass is 31.2. The summed E-state index contributed by atoms with van der Waals surface area (Å²) in [4.78, 5) is 0. The molecule has 0 bridgehead atoms. The van der Waals surface area contributed by atoms with E-state index in [2.05, 4.69) is 52.3 Å². The lowest BCUT2D eigenvalue weighted by atomic mass is 10.3. The first-order chi connectivity index (χ1) is 8.41. The lowest BCUT2D eigenvalue weighted by Gasteiger charge is -2.39. The minimum atomic E-state index is -0.591. The second-order valence-electron chi connectivity index (χ2n) is 4.71. The molecule has 0 fully saturated rings.